The summed E-state index contributed by atoms with van der Waals surface area (Å²) in [5.74, 6) is -1.13. The molecule has 2 aromatic heterocycles. The largest absolute Gasteiger partial charge is 0.507 e. The van der Waals surface area contributed by atoms with E-state index in [1.54, 1.807) is 29.5 Å². The summed E-state index contributed by atoms with van der Waals surface area (Å²) in [6.07, 6.45) is 1.36. The van der Waals surface area contributed by atoms with Crippen molar-refractivity contribution in [3.63, 3.8) is 0 Å². The monoisotopic (exact) mass is 851 g/mol. The predicted octanol–water partition coefficient (Wildman–Crippen LogP) is 4.69. The molecule has 0 unspecified atom stereocenters. The fourth-order valence-electron chi connectivity index (χ4n) is 8.77. The standard InChI is InChI=1S/C45H57N9O6S/c1-26(28-10-12-29(13-11-28)38-27(2)47-25-61-38)48-42(58)36-22-32(55)24-54(36)44(60)39(45(3,4)5)49-41(57)30-14-16-31(17-15-30)43(59)53-20-18-52(19-21-53)35-23-34(50-51-40(35)46)33-8-6-7-9-37(33)56/h6-13,23,25-26,30-32,36,39,55-56H,14-22,24H2,1-5H3,(H2,46,51)(H,48,58)(H,49,57)/t26-,30?,31?,32+,36-,39+/m0/s1. The highest BCUT2D eigenvalue weighted by atomic mass is 32.1. The van der Waals surface area contributed by atoms with Gasteiger partial charge in [0.2, 0.25) is 23.6 Å². The highest BCUT2D eigenvalue weighted by Gasteiger charge is 2.45. The molecule has 61 heavy (non-hydrogen) atoms. The van der Waals surface area contributed by atoms with Crippen LogP contribution in [0.15, 0.2) is 60.1 Å². The van der Waals surface area contributed by atoms with Gasteiger partial charge in [-0.15, -0.1) is 21.5 Å². The van der Waals surface area contributed by atoms with Crippen molar-refractivity contribution in [3.05, 3.63) is 71.4 Å². The van der Waals surface area contributed by atoms with E-state index in [-0.39, 0.29) is 60.1 Å². The lowest BCUT2D eigenvalue weighted by Crippen LogP contribution is -2.58. The molecule has 4 aromatic rings. The smallest absolute Gasteiger partial charge is 0.246 e. The highest BCUT2D eigenvalue weighted by Crippen LogP contribution is 2.35. The molecule has 1 saturated carbocycles. The summed E-state index contributed by atoms with van der Waals surface area (Å²) in [7, 11) is 0. The van der Waals surface area contributed by atoms with Crippen LogP contribution in [0.25, 0.3) is 21.7 Å². The van der Waals surface area contributed by atoms with E-state index in [4.69, 9.17) is 5.73 Å². The number of β-amino-alcohol motifs (C(OH)–C–C–N with tert-alkyl or cyclic N) is 1. The summed E-state index contributed by atoms with van der Waals surface area (Å²) < 4.78 is 0. The average molecular weight is 852 g/mol. The molecule has 2 aliphatic heterocycles. The van der Waals surface area contributed by atoms with Gasteiger partial charge in [0.05, 0.1) is 39.6 Å². The number of piperazine rings is 1. The molecule has 4 atom stereocenters. The summed E-state index contributed by atoms with van der Waals surface area (Å²) in [6, 6.07) is 14.5. The van der Waals surface area contributed by atoms with E-state index in [2.05, 4.69) is 30.7 Å². The molecule has 4 heterocycles. The molecule has 2 aromatic carbocycles. The molecule has 324 valence electrons. The molecule has 0 bridgehead atoms. The van der Waals surface area contributed by atoms with Gasteiger partial charge < -0.3 is 41.3 Å². The van der Waals surface area contributed by atoms with Crippen molar-refractivity contribution in [2.45, 2.75) is 91.0 Å². The molecule has 3 aliphatic rings. The molecule has 2 saturated heterocycles. The average Bonchev–Trinajstić information content (AvgIpc) is 3.87. The first-order valence-electron chi connectivity index (χ1n) is 21.1. The Morgan fingerprint density at radius 1 is 0.902 bits per heavy atom. The van der Waals surface area contributed by atoms with Gasteiger partial charge in [0.15, 0.2) is 5.82 Å². The molecular formula is C45H57N9O6S. The number of likely N-dealkylation sites (tertiary alicyclic amines) is 1. The number of amides is 4. The van der Waals surface area contributed by atoms with Crippen molar-refractivity contribution < 1.29 is 29.4 Å². The number of nitrogen functional groups attached to an aromatic ring is 1. The van der Waals surface area contributed by atoms with E-state index in [9.17, 15) is 29.4 Å². The lowest BCUT2D eigenvalue weighted by molar-refractivity contribution is -0.145. The summed E-state index contributed by atoms with van der Waals surface area (Å²) in [5.41, 5.74) is 12.0. The third-order valence-electron chi connectivity index (χ3n) is 12.4. The quantitative estimate of drug-likeness (QED) is 0.148. The number of aliphatic hydroxyl groups is 1. The van der Waals surface area contributed by atoms with Gasteiger partial charge in [-0.1, -0.05) is 57.2 Å². The number of phenols is 1. The van der Waals surface area contributed by atoms with Crippen molar-refractivity contribution in [3.8, 4) is 27.4 Å². The third kappa shape index (κ3) is 9.65. The van der Waals surface area contributed by atoms with Crippen LogP contribution in [0.3, 0.4) is 0 Å². The molecule has 6 N–H and O–H groups in total. The van der Waals surface area contributed by atoms with Crippen LogP contribution in [0.4, 0.5) is 11.5 Å². The Labute approximate surface area is 360 Å². The molecule has 0 spiro atoms. The van der Waals surface area contributed by atoms with Gasteiger partial charge in [-0.05, 0) is 74.3 Å². The number of thiazole rings is 1. The first kappa shape index (κ1) is 43.5. The van der Waals surface area contributed by atoms with Crippen LogP contribution in [-0.2, 0) is 19.2 Å². The van der Waals surface area contributed by atoms with Crippen molar-refractivity contribution in [2.75, 3.05) is 43.4 Å². The maximum Gasteiger partial charge on any atom is 0.246 e. The van der Waals surface area contributed by atoms with Gasteiger partial charge in [-0.3, -0.25) is 19.2 Å². The highest BCUT2D eigenvalue weighted by molar-refractivity contribution is 7.13. The normalized spacial score (nSPS) is 21.8. The minimum atomic E-state index is -0.935. The Balaban J connectivity index is 0.915. The van der Waals surface area contributed by atoms with Crippen molar-refractivity contribution in [2.24, 2.45) is 17.3 Å². The maximum atomic E-state index is 14.3. The summed E-state index contributed by atoms with van der Waals surface area (Å²) in [5, 5.41) is 35.4. The van der Waals surface area contributed by atoms with Crippen molar-refractivity contribution in [1.82, 2.24) is 35.6 Å². The molecule has 3 fully saturated rings. The Morgan fingerprint density at radius 2 is 1.57 bits per heavy atom. The van der Waals surface area contributed by atoms with Crippen molar-refractivity contribution >= 4 is 46.5 Å². The Morgan fingerprint density at radius 3 is 2.21 bits per heavy atom. The fourth-order valence-corrected chi connectivity index (χ4v) is 9.58. The number of carbonyl (C=O) groups is 4. The van der Waals surface area contributed by atoms with Crippen LogP contribution in [0, 0.1) is 24.2 Å². The predicted molar refractivity (Wildman–Crippen MR) is 234 cm³/mol. The zero-order chi connectivity index (χ0) is 43.6. The molecule has 1 aliphatic carbocycles. The number of benzene rings is 2. The zero-order valence-corrected chi connectivity index (χ0v) is 36.3. The van der Waals surface area contributed by atoms with E-state index in [1.165, 1.54) is 4.90 Å². The molecule has 7 rings (SSSR count). The second-order valence-corrected chi connectivity index (χ2v) is 18.6. The number of nitrogens with one attached hydrogen (secondary N) is 2. The minimum Gasteiger partial charge on any atom is -0.507 e. The Hall–Kier alpha value is -5.61. The maximum absolute atomic E-state index is 14.3. The number of hydrogen-bond acceptors (Lipinski definition) is 12. The zero-order valence-electron chi connectivity index (χ0n) is 35.5. The first-order valence-corrected chi connectivity index (χ1v) is 22.0. The van der Waals surface area contributed by atoms with E-state index in [0.717, 1.165) is 21.7 Å². The van der Waals surface area contributed by atoms with Gasteiger partial charge in [-0.25, -0.2) is 4.98 Å². The lowest BCUT2D eigenvalue weighted by atomic mass is 9.79. The summed E-state index contributed by atoms with van der Waals surface area (Å²) in [4.78, 5) is 66.4. The van der Waals surface area contributed by atoms with Crippen LogP contribution < -0.4 is 21.3 Å². The summed E-state index contributed by atoms with van der Waals surface area (Å²) >= 11 is 1.58. The third-order valence-corrected chi connectivity index (χ3v) is 13.4. The van der Waals surface area contributed by atoms with Gasteiger partial charge >= 0.3 is 0 Å². The minimum absolute atomic E-state index is 0.00968. The van der Waals surface area contributed by atoms with E-state index >= 15 is 0 Å². The number of aryl methyl sites for hydroxylation is 1. The molecule has 4 amide bonds. The van der Waals surface area contributed by atoms with Crippen LogP contribution in [0.1, 0.15) is 77.1 Å². The first-order chi connectivity index (χ1) is 29.1. The summed E-state index contributed by atoms with van der Waals surface area (Å²) in [6.45, 7) is 11.6. The van der Waals surface area contributed by atoms with Gasteiger partial charge in [0.25, 0.3) is 0 Å². The van der Waals surface area contributed by atoms with E-state index in [0.29, 0.717) is 68.8 Å². The number of carbonyl (C=O) groups excluding carboxylic acids is 4. The van der Waals surface area contributed by atoms with E-state index < -0.39 is 29.5 Å². The molecular weight excluding hydrogens is 795 g/mol. The topological polar surface area (TPSA) is 207 Å². The van der Waals surface area contributed by atoms with Crippen LogP contribution in [0.2, 0.25) is 0 Å². The number of para-hydroxylation sites is 1. The number of phenolic OH excluding ortho intramolecular Hbond substituents is 1. The van der Waals surface area contributed by atoms with Gasteiger partial charge in [0, 0.05) is 56.5 Å². The van der Waals surface area contributed by atoms with Gasteiger partial charge in [0.1, 0.15) is 17.8 Å². The number of nitrogens with two attached hydrogens (primary N) is 1. The van der Waals surface area contributed by atoms with Crippen LogP contribution in [-0.4, -0.2) is 110 Å². The number of hydrogen-bond donors (Lipinski definition) is 5. The Kier molecular flexibility index (Phi) is 12.9. The fraction of sp³-hybridized carbons (Fsp3) is 0.489. The van der Waals surface area contributed by atoms with Gasteiger partial charge in [-0.2, -0.15) is 0 Å². The van der Waals surface area contributed by atoms with Crippen molar-refractivity contribution in [1.29, 1.82) is 0 Å². The second-order valence-electron chi connectivity index (χ2n) is 17.7. The molecule has 0 radical (unpaired) electrons. The number of rotatable bonds is 10. The SMILES string of the molecule is Cc1ncsc1-c1ccc([C@H](C)NC(=O)[C@@H]2C[C@@H](O)CN2C(=O)[C@@H](NC(=O)C2CCC(C(=O)N3CCN(c4cc(-c5ccccc5O)nnc4N)CC3)CC2)C(C)(C)C)cc1. The number of aliphatic hydroxyl groups excluding tert-OH is 1. The van der Waals surface area contributed by atoms with E-state index in [1.807, 2.05) is 81.4 Å². The number of anilines is 2. The molecule has 15 nitrogen and oxygen atoms in total. The molecule has 16 heteroatoms. The van der Waals surface area contributed by atoms with Crippen LogP contribution >= 0.6 is 11.3 Å². The number of aromatic nitrogens is 3. The second kappa shape index (κ2) is 18.2. The Bertz CT molecular complexity index is 2230. The number of aromatic hydroxyl groups is 1. The lowest BCUT2D eigenvalue weighted by Gasteiger charge is -2.39. The number of nitrogens with zero attached hydrogens (tertiary/aromatic N) is 6. The van der Waals surface area contributed by atoms with Crippen LogP contribution in [0.5, 0.6) is 5.75 Å².